The summed E-state index contributed by atoms with van der Waals surface area (Å²) in [6, 6.07) is 13.9. The van der Waals surface area contributed by atoms with Crippen LogP contribution in [-0.4, -0.2) is 36.4 Å². The van der Waals surface area contributed by atoms with Gasteiger partial charge in [-0.1, -0.05) is 30.0 Å². The molecule has 0 saturated heterocycles. The summed E-state index contributed by atoms with van der Waals surface area (Å²) in [6.07, 6.45) is 1.12. The standard InChI is InChI=1S/C15H17NO2S.C4H4O4/c1-17-12-7-8-13(18-2)15(9-12)19-14-6-4-3-5-11(14)10-16;5-3(6)1-2-4(7)8/h3-9H,10,16H2,1-2H3;1-2H,(H,5,6)(H,7,8)/b;2-1+. The molecule has 2 aromatic rings. The van der Waals surface area contributed by atoms with Gasteiger partial charge in [0.2, 0.25) is 0 Å². The lowest BCUT2D eigenvalue weighted by atomic mass is 10.2. The van der Waals surface area contributed by atoms with E-state index in [0.717, 1.165) is 26.9 Å². The molecule has 2 aromatic carbocycles. The van der Waals surface area contributed by atoms with E-state index in [1.165, 1.54) is 0 Å². The number of aliphatic carboxylic acids is 2. The minimum Gasteiger partial charge on any atom is -0.497 e. The summed E-state index contributed by atoms with van der Waals surface area (Å²) < 4.78 is 10.6. The predicted octanol–water partition coefficient (Wildman–Crippen LogP) is 3.03. The van der Waals surface area contributed by atoms with Crippen molar-refractivity contribution in [2.75, 3.05) is 14.2 Å². The first-order valence-corrected chi connectivity index (χ1v) is 8.54. The second kappa shape index (κ2) is 11.6. The van der Waals surface area contributed by atoms with Crippen molar-refractivity contribution in [3.63, 3.8) is 0 Å². The highest BCUT2D eigenvalue weighted by molar-refractivity contribution is 7.99. The highest BCUT2D eigenvalue weighted by atomic mass is 32.2. The van der Waals surface area contributed by atoms with Crippen LogP contribution in [0.2, 0.25) is 0 Å². The quantitative estimate of drug-likeness (QED) is 0.616. The van der Waals surface area contributed by atoms with Crippen LogP contribution in [-0.2, 0) is 16.1 Å². The first-order chi connectivity index (χ1) is 12.9. The van der Waals surface area contributed by atoms with Crippen LogP contribution in [0.5, 0.6) is 11.5 Å². The van der Waals surface area contributed by atoms with Crippen molar-refractivity contribution in [1.29, 1.82) is 0 Å². The van der Waals surface area contributed by atoms with Crippen molar-refractivity contribution in [1.82, 2.24) is 0 Å². The Kier molecular flexibility index (Phi) is 9.49. The van der Waals surface area contributed by atoms with Gasteiger partial charge in [0, 0.05) is 23.6 Å². The number of carboxylic acids is 2. The second-order valence-electron chi connectivity index (χ2n) is 4.94. The third-order valence-corrected chi connectivity index (χ3v) is 4.31. The summed E-state index contributed by atoms with van der Waals surface area (Å²) in [5.41, 5.74) is 6.88. The molecule has 0 atom stereocenters. The number of nitrogens with two attached hydrogens (primary N) is 1. The molecule has 0 heterocycles. The molecule has 0 unspecified atom stereocenters. The van der Waals surface area contributed by atoms with Crippen molar-refractivity contribution < 1.29 is 29.3 Å². The van der Waals surface area contributed by atoms with Gasteiger partial charge in [-0.2, -0.15) is 0 Å². The Morgan fingerprint density at radius 3 is 2.15 bits per heavy atom. The van der Waals surface area contributed by atoms with Crippen LogP contribution in [0.15, 0.2) is 64.4 Å². The fourth-order valence-electron chi connectivity index (χ4n) is 1.90. The van der Waals surface area contributed by atoms with E-state index < -0.39 is 11.9 Å². The van der Waals surface area contributed by atoms with Gasteiger partial charge < -0.3 is 25.4 Å². The Morgan fingerprint density at radius 2 is 1.63 bits per heavy atom. The summed E-state index contributed by atoms with van der Waals surface area (Å²) >= 11 is 1.63. The number of hydrogen-bond donors (Lipinski definition) is 3. The third-order valence-electron chi connectivity index (χ3n) is 3.15. The largest absolute Gasteiger partial charge is 0.497 e. The monoisotopic (exact) mass is 391 g/mol. The fourth-order valence-corrected chi connectivity index (χ4v) is 2.99. The number of hydrogen-bond acceptors (Lipinski definition) is 6. The summed E-state index contributed by atoms with van der Waals surface area (Å²) in [6.45, 7) is 0.523. The molecule has 0 fully saturated rings. The maximum absolute atomic E-state index is 9.55. The van der Waals surface area contributed by atoms with Crippen LogP contribution in [0.1, 0.15) is 5.56 Å². The molecule has 0 spiro atoms. The van der Waals surface area contributed by atoms with Crippen molar-refractivity contribution in [3.05, 3.63) is 60.2 Å². The van der Waals surface area contributed by atoms with Crippen LogP contribution in [0.4, 0.5) is 0 Å². The van der Waals surface area contributed by atoms with Gasteiger partial charge in [-0.05, 0) is 29.8 Å². The molecule has 0 aliphatic heterocycles. The number of methoxy groups -OCH3 is 2. The van der Waals surface area contributed by atoms with E-state index in [0.29, 0.717) is 18.7 Å². The molecular formula is C19H21NO6S. The van der Waals surface area contributed by atoms with E-state index in [4.69, 9.17) is 25.4 Å². The van der Waals surface area contributed by atoms with E-state index in [1.807, 2.05) is 36.4 Å². The lowest BCUT2D eigenvalue weighted by molar-refractivity contribution is -0.134. The first kappa shape index (κ1) is 22.1. The van der Waals surface area contributed by atoms with Gasteiger partial charge in [0.25, 0.3) is 0 Å². The number of rotatable bonds is 7. The van der Waals surface area contributed by atoms with Crippen LogP contribution in [0.25, 0.3) is 0 Å². The van der Waals surface area contributed by atoms with Gasteiger partial charge in [0.15, 0.2) is 0 Å². The average molecular weight is 391 g/mol. The van der Waals surface area contributed by atoms with Crippen molar-refractivity contribution in [2.45, 2.75) is 16.3 Å². The number of ether oxygens (including phenoxy) is 2. The van der Waals surface area contributed by atoms with Crippen molar-refractivity contribution >= 4 is 23.7 Å². The lowest BCUT2D eigenvalue weighted by Gasteiger charge is -2.12. The zero-order valence-corrected chi connectivity index (χ0v) is 15.7. The zero-order chi connectivity index (χ0) is 20.2. The lowest BCUT2D eigenvalue weighted by Crippen LogP contribution is -1.98. The molecule has 7 nitrogen and oxygen atoms in total. The topological polar surface area (TPSA) is 119 Å². The Bertz CT molecular complexity index is 791. The normalized spacial score (nSPS) is 10.0. The predicted molar refractivity (Wildman–Crippen MR) is 102 cm³/mol. The van der Waals surface area contributed by atoms with Gasteiger partial charge in [0.1, 0.15) is 11.5 Å². The number of carbonyl (C=O) groups is 2. The molecule has 0 amide bonds. The van der Waals surface area contributed by atoms with Gasteiger partial charge in [-0.15, -0.1) is 0 Å². The molecule has 0 bridgehead atoms. The van der Waals surface area contributed by atoms with Crippen LogP contribution in [0, 0.1) is 0 Å². The summed E-state index contributed by atoms with van der Waals surface area (Å²) in [7, 11) is 3.32. The Morgan fingerprint density at radius 1 is 1.00 bits per heavy atom. The van der Waals surface area contributed by atoms with E-state index in [1.54, 1.807) is 26.0 Å². The summed E-state index contributed by atoms with van der Waals surface area (Å²) in [5, 5.41) is 15.6. The molecule has 0 aromatic heterocycles. The van der Waals surface area contributed by atoms with E-state index in [9.17, 15) is 9.59 Å². The van der Waals surface area contributed by atoms with Crippen LogP contribution >= 0.6 is 11.8 Å². The van der Waals surface area contributed by atoms with Gasteiger partial charge >= 0.3 is 11.9 Å². The minimum atomic E-state index is -1.26. The molecule has 8 heteroatoms. The highest BCUT2D eigenvalue weighted by Gasteiger charge is 2.09. The molecule has 4 N–H and O–H groups in total. The van der Waals surface area contributed by atoms with E-state index in [2.05, 4.69) is 6.07 Å². The Hall–Kier alpha value is -2.97. The number of benzene rings is 2. The van der Waals surface area contributed by atoms with Gasteiger partial charge in [-0.25, -0.2) is 9.59 Å². The molecule has 0 aliphatic carbocycles. The summed E-state index contributed by atoms with van der Waals surface area (Å²) in [4.78, 5) is 21.3. The Labute approximate surface area is 161 Å². The average Bonchev–Trinajstić information content (AvgIpc) is 2.67. The van der Waals surface area contributed by atoms with E-state index >= 15 is 0 Å². The smallest absolute Gasteiger partial charge is 0.328 e. The van der Waals surface area contributed by atoms with E-state index in [-0.39, 0.29) is 0 Å². The van der Waals surface area contributed by atoms with Crippen molar-refractivity contribution in [3.8, 4) is 11.5 Å². The third kappa shape index (κ3) is 7.85. The molecule has 0 aliphatic rings. The fraction of sp³-hybridized carbons (Fsp3) is 0.158. The minimum absolute atomic E-state index is 0.523. The molecule has 0 radical (unpaired) electrons. The van der Waals surface area contributed by atoms with Crippen LogP contribution in [0.3, 0.4) is 0 Å². The Balaban J connectivity index is 0.000000387. The maximum atomic E-state index is 9.55. The zero-order valence-electron chi connectivity index (χ0n) is 14.9. The molecule has 144 valence electrons. The van der Waals surface area contributed by atoms with Gasteiger partial charge in [0.05, 0.1) is 19.1 Å². The molecule has 27 heavy (non-hydrogen) atoms. The van der Waals surface area contributed by atoms with Crippen LogP contribution < -0.4 is 15.2 Å². The second-order valence-corrected chi connectivity index (χ2v) is 6.02. The summed E-state index contributed by atoms with van der Waals surface area (Å²) in [5.74, 6) is -0.869. The molecule has 2 rings (SSSR count). The highest BCUT2D eigenvalue weighted by Crippen LogP contribution is 2.38. The molecule has 0 saturated carbocycles. The van der Waals surface area contributed by atoms with Gasteiger partial charge in [-0.3, -0.25) is 0 Å². The molecular weight excluding hydrogens is 370 g/mol. The SMILES string of the molecule is COc1ccc(OC)c(Sc2ccccc2CN)c1.O=C(O)/C=C/C(=O)O. The van der Waals surface area contributed by atoms with Crippen molar-refractivity contribution in [2.24, 2.45) is 5.73 Å². The first-order valence-electron chi connectivity index (χ1n) is 7.73. The maximum Gasteiger partial charge on any atom is 0.328 e. The number of carboxylic acid groups (broad SMARTS) is 2.